The second-order valence-electron chi connectivity index (χ2n) is 17.0. The molecule has 1 aromatic carbocycles. The second kappa shape index (κ2) is 30.8. The summed E-state index contributed by atoms with van der Waals surface area (Å²) in [5.41, 5.74) is 1.57. The molecule has 10 N–H and O–H groups in total. The van der Waals surface area contributed by atoms with Gasteiger partial charge < -0.3 is 56.6 Å². The molecule has 2 aromatic rings. The van der Waals surface area contributed by atoms with Gasteiger partial charge in [0.25, 0.3) is 5.91 Å². The van der Waals surface area contributed by atoms with Crippen molar-refractivity contribution in [3.63, 3.8) is 0 Å². The molecular formula is C45H62BrN9O17. The minimum absolute atomic E-state index is 0.0202. The molecule has 1 unspecified atom stereocenters. The SMILES string of the molecule is O=C(O)CC[C@H](NC(=O)N[C@@H](CCCCN(Cc1ccc(Br)nc1)C(=O)c1ccc(CNC(=O)CCC(C(=O)O)N2CCN(CC(=O)O)CCN(CC(=O)O)CCN(CC(=O)O)CC2)cc1)C(=O)O)C(=O)O. The first-order valence-electron chi connectivity index (χ1n) is 22.9. The number of hydrogen-bond acceptors (Lipinski definition) is 15. The van der Waals surface area contributed by atoms with Gasteiger partial charge in [-0.3, -0.25) is 53.2 Å². The van der Waals surface area contributed by atoms with Gasteiger partial charge in [-0.05, 0) is 77.4 Å². The topological polar surface area (TPSA) is 377 Å². The first-order valence-corrected chi connectivity index (χ1v) is 23.7. The van der Waals surface area contributed by atoms with Crippen LogP contribution in [0.3, 0.4) is 0 Å². The Balaban J connectivity index is 1.64. The smallest absolute Gasteiger partial charge is 0.326 e. The number of carboxylic acid groups (broad SMARTS) is 7. The van der Waals surface area contributed by atoms with E-state index in [4.69, 9.17) is 5.11 Å². The number of benzene rings is 1. The first-order chi connectivity index (χ1) is 34.1. The molecule has 1 aliphatic heterocycles. The Hall–Kier alpha value is -6.81. The van der Waals surface area contributed by atoms with E-state index in [1.54, 1.807) is 62.2 Å². The molecule has 0 bridgehead atoms. The van der Waals surface area contributed by atoms with Crippen LogP contribution in [0.1, 0.15) is 66.4 Å². The molecule has 3 atom stereocenters. The van der Waals surface area contributed by atoms with Crippen LogP contribution >= 0.6 is 15.9 Å². The van der Waals surface area contributed by atoms with Crippen molar-refractivity contribution in [2.24, 2.45) is 0 Å². The Labute approximate surface area is 422 Å². The lowest BCUT2D eigenvalue weighted by Gasteiger charge is -2.35. The molecule has 0 spiro atoms. The highest BCUT2D eigenvalue weighted by molar-refractivity contribution is 9.10. The van der Waals surface area contributed by atoms with Gasteiger partial charge in [0.05, 0.1) is 19.6 Å². The largest absolute Gasteiger partial charge is 0.481 e. The molecule has 72 heavy (non-hydrogen) atoms. The molecule has 1 aromatic heterocycles. The first kappa shape index (κ1) is 59.5. The number of pyridine rings is 1. The maximum atomic E-state index is 13.9. The minimum Gasteiger partial charge on any atom is -0.481 e. The molecule has 1 fully saturated rings. The van der Waals surface area contributed by atoms with Gasteiger partial charge >= 0.3 is 47.8 Å². The lowest BCUT2D eigenvalue weighted by molar-refractivity contribution is -0.145. The fraction of sp³-hybridized carbons (Fsp3) is 0.533. The molecule has 396 valence electrons. The average Bonchev–Trinajstić information content (AvgIpc) is 3.30. The number of carbonyl (C=O) groups excluding carboxylic acids is 3. The van der Waals surface area contributed by atoms with Gasteiger partial charge in [0.1, 0.15) is 22.7 Å². The molecule has 26 nitrogen and oxygen atoms in total. The summed E-state index contributed by atoms with van der Waals surface area (Å²) in [5.74, 6) is -9.65. The van der Waals surface area contributed by atoms with E-state index < -0.39 is 97.8 Å². The van der Waals surface area contributed by atoms with Crippen LogP contribution in [0, 0.1) is 0 Å². The number of amides is 4. The van der Waals surface area contributed by atoms with E-state index in [2.05, 4.69) is 36.9 Å². The van der Waals surface area contributed by atoms with Crippen molar-refractivity contribution < 1.29 is 83.7 Å². The van der Waals surface area contributed by atoms with Crippen LogP contribution in [0.15, 0.2) is 47.2 Å². The highest BCUT2D eigenvalue weighted by Gasteiger charge is 2.29. The zero-order chi connectivity index (χ0) is 53.3. The zero-order valence-electron chi connectivity index (χ0n) is 39.4. The van der Waals surface area contributed by atoms with Crippen LogP contribution in [0.25, 0.3) is 0 Å². The molecule has 1 saturated heterocycles. The summed E-state index contributed by atoms with van der Waals surface area (Å²) < 4.78 is 0.567. The number of nitrogens with zero attached hydrogens (tertiary/aromatic N) is 6. The zero-order valence-corrected chi connectivity index (χ0v) is 41.0. The van der Waals surface area contributed by atoms with Crippen LogP contribution < -0.4 is 16.0 Å². The lowest BCUT2D eigenvalue weighted by Crippen LogP contribution is -2.52. The summed E-state index contributed by atoms with van der Waals surface area (Å²) in [6.45, 7) is 0.0569. The summed E-state index contributed by atoms with van der Waals surface area (Å²) in [7, 11) is 0. The van der Waals surface area contributed by atoms with E-state index in [-0.39, 0.29) is 122 Å². The van der Waals surface area contributed by atoms with Crippen molar-refractivity contribution in [2.45, 2.75) is 76.2 Å². The Bertz CT molecular complexity index is 2160. The Morgan fingerprint density at radius 2 is 1.08 bits per heavy atom. The van der Waals surface area contributed by atoms with Crippen LogP contribution in [0.2, 0.25) is 0 Å². The Morgan fingerprint density at radius 1 is 0.583 bits per heavy atom. The number of hydrogen-bond donors (Lipinski definition) is 10. The summed E-state index contributed by atoms with van der Waals surface area (Å²) in [6, 6.07) is 4.51. The molecule has 2 heterocycles. The number of urea groups is 1. The van der Waals surface area contributed by atoms with Crippen molar-refractivity contribution in [1.29, 1.82) is 0 Å². The van der Waals surface area contributed by atoms with E-state index >= 15 is 0 Å². The summed E-state index contributed by atoms with van der Waals surface area (Å²) in [5, 5.41) is 73.8. The summed E-state index contributed by atoms with van der Waals surface area (Å²) in [4.78, 5) is 133. The van der Waals surface area contributed by atoms with Crippen molar-refractivity contribution >= 4 is 75.6 Å². The van der Waals surface area contributed by atoms with Gasteiger partial charge in [-0.1, -0.05) is 18.2 Å². The van der Waals surface area contributed by atoms with E-state index in [1.165, 1.54) is 4.90 Å². The molecule has 0 aliphatic carbocycles. The van der Waals surface area contributed by atoms with Crippen LogP contribution in [-0.2, 0) is 51.4 Å². The van der Waals surface area contributed by atoms with E-state index in [0.717, 1.165) is 0 Å². The predicted octanol–water partition coefficient (Wildman–Crippen LogP) is 0.0522. The molecule has 27 heteroatoms. The normalized spacial score (nSPS) is 15.6. The van der Waals surface area contributed by atoms with Gasteiger partial charge in [0.2, 0.25) is 5.91 Å². The summed E-state index contributed by atoms with van der Waals surface area (Å²) >= 11 is 3.28. The Kier molecular flexibility index (Phi) is 25.5. The third-order valence-electron chi connectivity index (χ3n) is 11.5. The van der Waals surface area contributed by atoms with Gasteiger partial charge in [-0.2, -0.15) is 0 Å². The number of aromatic nitrogens is 1. The van der Waals surface area contributed by atoms with Gasteiger partial charge in [-0.25, -0.2) is 19.4 Å². The van der Waals surface area contributed by atoms with Crippen molar-refractivity contribution in [2.75, 3.05) is 78.5 Å². The number of rotatable bonds is 28. The van der Waals surface area contributed by atoms with Crippen LogP contribution in [0.5, 0.6) is 0 Å². The summed E-state index contributed by atoms with van der Waals surface area (Å²) in [6.07, 6.45) is 0.641. The van der Waals surface area contributed by atoms with Crippen LogP contribution in [0.4, 0.5) is 4.79 Å². The van der Waals surface area contributed by atoms with Gasteiger partial charge in [-0.15, -0.1) is 0 Å². The lowest BCUT2D eigenvalue weighted by atomic mass is 10.1. The quantitative estimate of drug-likeness (QED) is 0.0398. The van der Waals surface area contributed by atoms with Crippen molar-refractivity contribution in [1.82, 2.24) is 45.4 Å². The Morgan fingerprint density at radius 3 is 1.54 bits per heavy atom. The van der Waals surface area contributed by atoms with Crippen LogP contribution in [-0.4, -0.2) is 222 Å². The maximum absolute atomic E-state index is 13.9. The molecule has 1 aliphatic rings. The van der Waals surface area contributed by atoms with Crippen molar-refractivity contribution in [3.05, 3.63) is 63.9 Å². The molecule has 3 rings (SSSR count). The van der Waals surface area contributed by atoms with E-state index in [9.17, 15) is 78.6 Å². The fourth-order valence-electron chi connectivity index (χ4n) is 7.64. The highest BCUT2D eigenvalue weighted by Crippen LogP contribution is 2.16. The van der Waals surface area contributed by atoms with E-state index in [1.807, 2.05) is 0 Å². The van der Waals surface area contributed by atoms with Crippen molar-refractivity contribution in [3.8, 4) is 0 Å². The number of aliphatic carboxylic acids is 7. The number of nitrogens with one attached hydrogen (secondary N) is 3. The predicted molar refractivity (Wildman–Crippen MR) is 255 cm³/mol. The third-order valence-corrected chi connectivity index (χ3v) is 12.0. The second-order valence-corrected chi connectivity index (χ2v) is 17.8. The molecule has 0 saturated carbocycles. The number of carbonyl (C=O) groups is 10. The maximum Gasteiger partial charge on any atom is 0.326 e. The number of carboxylic acids is 7. The molecular weight excluding hydrogens is 1020 g/mol. The number of halogens is 1. The van der Waals surface area contributed by atoms with Gasteiger partial charge in [0, 0.05) is 96.6 Å². The standard InChI is InChI=1S/C45H62BrN9O17/c46-35-11-6-30(24-47-35)25-55(14-2-1-3-32(42(66)67)49-45(72)50-33(43(68)69)9-13-37(57)58)41(65)31-7-4-29(5-8-31)23-48-36(56)12-10-34(44(70)71)54-21-19-52(27-39(61)62)17-15-51(26-38(59)60)16-18-53(20-22-54)28-40(63)64/h4-8,11,24,32-34H,1-3,9-10,12-23,25-28H2,(H,48,56)(H,57,58)(H,59,60)(H,61,62)(H,63,64)(H,66,67)(H,68,69)(H,70,71)(H2,49,50,72)/t32-,33-,34?/m0/s1. The average molecular weight is 1080 g/mol. The van der Waals surface area contributed by atoms with Gasteiger partial charge in [0.15, 0.2) is 0 Å². The highest BCUT2D eigenvalue weighted by atomic mass is 79.9. The minimum atomic E-state index is -1.57. The fourth-order valence-corrected chi connectivity index (χ4v) is 7.88. The van der Waals surface area contributed by atoms with E-state index in [0.29, 0.717) is 15.7 Å². The molecule has 4 amide bonds. The monoisotopic (exact) mass is 1080 g/mol. The third kappa shape index (κ3) is 23.0. The number of unbranched alkanes of at least 4 members (excludes halogenated alkanes) is 1. The molecule has 0 radical (unpaired) electrons.